The number of hydrogen-bond donors (Lipinski definition) is 2. The largest absolute Gasteiger partial charge is 0.494 e. The van der Waals surface area contributed by atoms with Crippen molar-refractivity contribution in [2.75, 3.05) is 7.11 Å². The Kier molecular flexibility index (Phi) is 5.90. The van der Waals surface area contributed by atoms with Gasteiger partial charge < -0.3 is 15.0 Å². The predicted molar refractivity (Wildman–Crippen MR) is 121 cm³/mol. The number of nitrogens with one attached hydrogen (secondary N) is 2. The van der Waals surface area contributed by atoms with Crippen LogP contribution in [0.5, 0.6) is 5.75 Å². The first-order chi connectivity index (χ1) is 16.6. The van der Waals surface area contributed by atoms with Crippen molar-refractivity contribution in [2.24, 2.45) is 5.92 Å². The zero-order valence-corrected chi connectivity index (χ0v) is 19.6. The first-order valence-electron chi connectivity index (χ1n) is 10.7. The van der Waals surface area contributed by atoms with E-state index in [9.17, 15) is 33.4 Å². The molecule has 3 aromatic rings. The van der Waals surface area contributed by atoms with E-state index in [-0.39, 0.29) is 35.2 Å². The van der Waals surface area contributed by atoms with Crippen LogP contribution in [0.15, 0.2) is 58.2 Å². The molecule has 1 amide bonds. The number of benzene rings is 2. The number of carbonyl (C=O) groups is 1. The second kappa shape index (κ2) is 8.29. The molecule has 1 aromatic heterocycles. The average Bonchev–Trinajstić information content (AvgIpc) is 3.61. The molecule has 2 aromatic carbocycles. The molecule has 0 bridgehead atoms. The zero-order chi connectivity index (χ0) is 26.4. The molecule has 13 heteroatoms. The SMILES string of the molecule is COc1ccc(Cc2nc(C(=O)NC(c3ccc(S(F)(F)(F)(F)F)cc3)C3CC3)cc(=O)[nH]2)cc1F. The lowest BCUT2D eigenvalue weighted by Gasteiger charge is -2.40. The maximum atomic E-state index is 14.0. The first-order valence-corrected chi connectivity index (χ1v) is 12.7. The molecule has 1 atom stereocenters. The molecule has 0 spiro atoms. The molecule has 36 heavy (non-hydrogen) atoms. The second-order valence-corrected chi connectivity index (χ2v) is 11.0. The monoisotopic (exact) mass is 533 g/mol. The van der Waals surface area contributed by atoms with E-state index >= 15 is 0 Å². The Morgan fingerprint density at radius 2 is 1.78 bits per heavy atom. The summed E-state index contributed by atoms with van der Waals surface area (Å²) >= 11 is 0. The Morgan fingerprint density at radius 3 is 2.33 bits per heavy atom. The molecular weight excluding hydrogens is 512 g/mol. The molecule has 4 rings (SSSR count). The van der Waals surface area contributed by atoms with Gasteiger partial charge in [-0.3, -0.25) is 9.59 Å². The van der Waals surface area contributed by atoms with Gasteiger partial charge in [0, 0.05) is 12.5 Å². The van der Waals surface area contributed by atoms with Gasteiger partial charge in [-0.1, -0.05) is 37.6 Å². The Balaban J connectivity index is 1.55. The highest BCUT2D eigenvalue weighted by molar-refractivity contribution is 8.45. The maximum absolute atomic E-state index is 14.0. The van der Waals surface area contributed by atoms with Crippen molar-refractivity contribution in [1.82, 2.24) is 15.3 Å². The van der Waals surface area contributed by atoms with Gasteiger partial charge in [0.05, 0.1) is 13.2 Å². The fraction of sp³-hybridized carbons (Fsp3) is 0.261. The number of hydrogen-bond acceptors (Lipinski definition) is 4. The lowest BCUT2D eigenvalue weighted by atomic mass is 10.0. The van der Waals surface area contributed by atoms with Crippen molar-refractivity contribution in [1.29, 1.82) is 0 Å². The van der Waals surface area contributed by atoms with Gasteiger partial charge >= 0.3 is 10.2 Å². The number of rotatable bonds is 8. The molecule has 1 heterocycles. The van der Waals surface area contributed by atoms with Crippen molar-refractivity contribution in [3.05, 3.63) is 87.3 Å². The van der Waals surface area contributed by atoms with E-state index in [1.807, 2.05) is 0 Å². The molecule has 1 unspecified atom stereocenters. The van der Waals surface area contributed by atoms with E-state index in [1.54, 1.807) is 6.07 Å². The van der Waals surface area contributed by atoms with E-state index in [4.69, 9.17) is 4.74 Å². The molecule has 1 fully saturated rings. The van der Waals surface area contributed by atoms with Gasteiger partial charge in [-0.25, -0.2) is 9.37 Å². The summed E-state index contributed by atoms with van der Waals surface area (Å²) in [7, 11) is -8.51. The third kappa shape index (κ3) is 6.01. The molecule has 194 valence electrons. The maximum Gasteiger partial charge on any atom is 0.310 e. The third-order valence-electron chi connectivity index (χ3n) is 5.68. The van der Waals surface area contributed by atoms with Crippen LogP contribution in [0, 0.1) is 11.7 Å². The highest BCUT2D eigenvalue weighted by atomic mass is 32.5. The van der Waals surface area contributed by atoms with E-state index < -0.39 is 38.4 Å². The number of carbonyl (C=O) groups excluding carboxylic acids is 1. The molecule has 1 saturated carbocycles. The van der Waals surface area contributed by atoms with Crippen LogP contribution >= 0.6 is 10.2 Å². The number of aromatic amines is 1. The number of aromatic nitrogens is 2. The topological polar surface area (TPSA) is 84.1 Å². The minimum Gasteiger partial charge on any atom is -0.494 e. The summed E-state index contributed by atoms with van der Waals surface area (Å²) in [4.78, 5) is 29.6. The van der Waals surface area contributed by atoms with Crippen molar-refractivity contribution < 1.29 is 33.4 Å². The quantitative estimate of drug-likeness (QED) is 0.346. The summed E-state index contributed by atoms with van der Waals surface area (Å²) in [5.74, 6) is -1.37. The van der Waals surface area contributed by atoms with Gasteiger partial charge in [-0.2, -0.15) is 0 Å². The molecule has 6 nitrogen and oxygen atoms in total. The molecular formula is C23H21F6N3O3S. The Morgan fingerprint density at radius 1 is 1.11 bits per heavy atom. The number of nitrogens with zero attached hydrogens (tertiary/aromatic N) is 1. The normalized spacial score (nSPS) is 16.5. The van der Waals surface area contributed by atoms with Gasteiger partial charge in [0.1, 0.15) is 16.4 Å². The zero-order valence-electron chi connectivity index (χ0n) is 18.7. The van der Waals surface area contributed by atoms with E-state index in [2.05, 4.69) is 15.3 Å². The van der Waals surface area contributed by atoms with E-state index in [1.165, 1.54) is 19.2 Å². The molecule has 1 aliphatic rings. The number of amides is 1. The summed E-state index contributed by atoms with van der Waals surface area (Å²) in [6.07, 6.45) is 1.34. The van der Waals surface area contributed by atoms with Crippen LogP contribution in [0.2, 0.25) is 0 Å². The third-order valence-corrected chi connectivity index (χ3v) is 6.84. The second-order valence-electron chi connectivity index (χ2n) is 8.55. The minimum atomic E-state index is -9.82. The van der Waals surface area contributed by atoms with Crippen LogP contribution in [0.4, 0.5) is 23.8 Å². The highest BCUT2D eigenvalue weighted by Gasteiger charge is 2.65. The van der Waals surface area contributed by atoms with Crippen molar-refractivity contribution in [3.8, 4) is 5.75 Å². The van der Waals surface area contributed by atoms with Crippen LogP contribution < -0.4 is 15.6 Å². The Labute approximate surface area is 201 Å². The van der Waals surface area contributed by atoms with E-state index in [0.717, 1.165) is 18.2 Å². The van der Waals surface area contributed by atoms with Gasteiger partial charge in [0.15, 0.2) is 11.6 Å². The predicted octanol–water partition coefficient (Wildman–Crippen LogP) is 6.05. The summed E-state index contributed by atoms with van der Waals surface area (Å²) in [5.41, 5.74) is -0.219. The van der Waals surface area contributed by atoms with Crippen LogP contribution in [0.1, 0.15) is 46.3 Å². The number of methoxy groups -OCH3 is 1. The van der Waals surface area contributed by atoms with Crippen molar-refractivity contribution in [3.63, 3.8) is 0 Å². The molecule has 0 aliphatic heterocycles. The van der Waals surface area contributed by atoms with Crippen molar-refractivity contribution >= 4 is 16.1 Å². The van der Waals surface area contributed by atoms with Gasteiger partial charge in [-0.05, 0) is 54.2 Å². The Bertz CT molecular complexity index is 1370. The molecule has 2 N–H and O–H groups in total. The van der Waals surface area contributed by atoms with Gasteiger partial charge in [-0.15, -0.1) is 0 Å². The van der Waals surface area contributed by atoms with Crippen LogP contribution in [0.3, 0.4) is 0 Å². The highest BCUT2D eigenvalue weighted by Crippen LogP contribution is 3.02. The lowest BCUT2D eigenvalue weighted by molar-refractivity contribution is 0.0925. The molecule has 0 radical (unpaired) electrons. The first kappa shape index (κ1) is 25.6. The number of halogens is 6. The van der Waals surface area contributed by atoms with Crippen molar-refractivity contribution in [2.45, 2.75) is 30.2 Å². The minimum absolute atomic E-state index is 0.000827. The van der Waals surface area contributed by atoms with E-state index in [0.29, 0.717) is 30.5 Å². The molecule has 1 aliphatic carbocycles. The fourth-order valence-corrected chi connectivity index (χ4v) is 4.42. The smallest absolute Gasteiger partial charge is 0.310 e. The number of ether oxygens (including phenoxy) is 1. The molecule has 0 saturated heterocycles. The summed E-state index contributed by atoms with van der Waals surface area (Å²) in [6, 6.07) is 6.78. The van der Waals surface area contributed by atoms with Gasteiger partial charge in [0.25, 0.3) is 11.5 Å². The standard InChI is InChI=1S/C23H21F6N3O3S/c1-35-19-9-2-13(10-17(19)24)11-20-30-18(12-21(33)31-20)23(34)32-22(14-3-4-14)15-5-7-16(8-6-15)36(25,26,27,28)29/h2,5-10,12,14,22H,3-4,11H2,1H3,(H,32,34)(H,30,31,33). The number of H-pyrrole nitrogens is 1. The summed E-state index contributed by atoms with van der Waals surface area (Å²) < 4.78 is 84.0. The van der Waals surface area contributed by atoms with Crippen LogP contribution in [0.25, 0.3) is 0 Å². The lowest BCUT2D eigenvalue weighted by Crippen LogP contribution is -2.32. The average molecular weight is 533 g/mol. The summed E-state index contributed by atoms with van der Waals surface area (Å²) in [6.45, 7) is 0. The Hall–Kier alpha value is -3.48. The summed E-state index contributed by atoms with van der Waals surface area (Å²) in [5, 5.41) is 2.64. The van der Waals surface area contributed by atoms with Gasteiger partial charge in [0.2, 0.25) is 0 Å². The fourth-order valence-electron chi connectivity index (χ4n) is 3.77. The van der Waals surface area contributed by atoms with Crippen LogP contribution in [-0.4, -0.2) is 23.0 Å². The van der Waals surface area contributed by atoms with Crippen LogP contribution in [-0.2, 0) is 6.42 Å².